The van der Waals surface area contributed by atoms with E-state index in [1.165, 1.54) is 35.4 Å². The number of hydrogen-bond donors (Lipinski definition) is 3. The third kappa shape index (κ3) is 4.18. The lowest BCUT2D eigenvalue weighted by Gasteiger charge is -2.15. The van der Waals surface area contributed by atoms with Crippen LogP contribution in [-0.4, -0.2) is 50.9 Å². The Kier molecular flexibility index (Phi) is 5.68. The van der Waals surface area contributed by atoms with E-state index in [2.05, 4.69) is 35.8 Å². The zero-order chi connectivity index (χ0) is 26.4. The van der Waals surface area contributed by atoms with Crippen molar-refractivity contribution in [1.29, 1.82) is 0 Å². The number of rotatable bonds is 5. The summed E-state index contributed by atoms with van der Waals surface area (Å²) in [6.07, 6.45) is 2.61. The quantitative estimate of drug-likeness (QED) is 0.309. The van der Waals surface area contributed by atoms with Crippen molar-refractivity contribution in [2.24, 2.45) is 0 Å². The van der Waals surface area contributed by atoms with Crippen molar-refractivity contribution in [2.75, 3.05) is 5.32 Å². The molecule has 0 unspecified atom stereocenters. The van der Waals surface area contributed by atoms with Gasteiger partial charge in [-0.05, 0) is 65.2 Å². The van der Waals surface area contributed by atoms with Gasteiger partial charge in [0, 0.05) is 22.3 Å². The number of aryl methyl sites for hydroxylation is 1. The second-order valence-electron chi connectivity index (χ2n) is 8.56. The summed E-state index contributed by atoms with van der Waals surface area (Å²) in [5.41, 5.74) is 3.03. The molecule has 0 saturated heterocycles. The van der Waals surface area contributed by atoms with Crippen molar-refractivity contribution < 1.29 is 14.3 Å². The molecular formula is C24H17ClFN9O3. The number of tetrazole rings is 1. The monoisotopic (exact) mass is 533 g/mol. The third-order valence-corrected chi connectivity index (χ3v) is 6.50. The highest BCUT2D eigenvalue weighted by Gasteiger charge is 2.29. The molecule has 6 rings (SSSR count). The molecule has 4 aromatic heterocycles. The van der Waals surface area contributed by atoms with Crippen LogP contribution in [0.25, 0.3) is 28.2 Å². The van der Waals surface area contributed by atoms with Gasteiger partial charge in [0.1, 0.15) is 17.8 Å². The van der Waals surface area contributed by atoms with E-state index in [0.29, 0.717) is 34.7 Å². The molecule has 0 spiro atoms. The second kappa shape index (κ2) is 9.19. The zero-order valence-corrected chi connectivity index (χ0v) is 20.1. The molecule has 1 amide bonds. The Bertz CT molecular complexity index is 1730. The fraction of sp³-hybridized carbons (Fsp3) is 0.125. The number of pyridine rings is 2. The largest absolute Gasteiger partial charge is 0.465 e. The second-order valence-corrected chi connectivity index (χ2v) is 9.00. The Morgan fingerprint density at radius 1 is 1.21 bits per heavy atom. The summed E-state index contributed by atoms with van der Waals surface area (Å²) >= 11 is 6.26. The van der Waals surface area contributed by atoms with Crippen LogP contribution in [-0.2, 0) is 6.42 Å². The first-order chi connectivity index (χ1) is 18.4. The van der Waals surface area contributed by atoms with Gasteiger partial charge in [0.15, 0.2) is 0 Å². The molecule has 1 atom stereocenters. The maximum absolute atomic E-state index is 14.8. The number of amides is 1. The van der Waals surface area contributed by atoms with Gasteiger partial charge < -0.3 is 14.7 Å². The van der Waals surface area contributed by atoms with Crippen LogP contribution in [0.5, 0.6) is 0 Å². The molecule has 0 fully saturated rings. The van der Waals surface area contributed by atoms with Crippen LogP contribution in [0.1, 0.15) is 24.0 Å². The van der Waals surface area contributed by atoms with Crippen LogP contribution in [0.2, 0.25) is 5.02 Å². The van der Waals surface area contributed by atoms with Crippen molar-refractivity contribution in [1.82, 2.24) is 39.7 Å². The highest BCUT2D eigenvalue weighted by Crippen LogP contribution is 2.34. The molecule has 0 radical (unpaired) electrons. The smallest absolute Gasteiger partial charge is 0.409 e. The van der Waals surface area contributed by atoms with E-state index in [1.807, 2.05) is 6.07 Å². The highest BCUT2D eigenvalue weighted by atomic mass is 35.5. The lowest BCUT2D eigenvalue weighted by molar-refractivity contribution is 0.209. The molecule has 12 nitrogen and oxygen atoms in total. The summed E-state index contributed by atoms with van der Waals surface area (Å²) in [7, 11) is 0. The Morgan fingerprint density at radius 3 is 2.82 bits per heavy atom. The number of hydrogen-bond acceptors (Lipinski definition) is 7. The highest BCUT2D eigenvalue weighted by molar-refractivity contribution is 6.31. The summed E-state index contributed by atoms with van der Waals surface area (Å²) in [5, 5.41) is 22.8. The van der Waals surface area contributed by atoms with E-state index in [0.717, 1.165) is 5.69 Å². The average molecular weight is 534 g/mol. The van der Waals surface area contributed by atoms with Crippen molar-refractivity contribution in [2.45, 2.75) is 18.9 Å². The summed E-state index contributed by atoms with van der Waals surface area (Å²) in [6, 6.07) is 11.1. The number of carbonyl (C=O) groups is 1. The number of nitrogens with zero attached hydrogens (tertiary/aromatic N) is 7. The number of H-pyrrole nitrogens is 1. The van der Waals surface area contributed by atoms with Crippen LogP contribution in [0.3, 0.4) is 0 Å². The van der Waals surface area contributed by atoms with Crippen LogP contribution in [0.4, 0.5) is 14.9 Å². The fourth-order valence-electron chi connectivity index (χ4n) is 4.66. The first-order valence-corrected chi connectivity index (χ1v) is 11.8. The number of benzene rings is 1. The van der Waals surface area contributed by atoms with Gasteiger partial charge in [-0.1, -0.05) is 11.6 Å². The third-order valence-electron chi connectivity index (χ3n) is 6.26. The molecular weight excluding hydrogens is 517 g/mol. The molecule has 14 heteroatoms. The molecule has 0 saturated carbocycles. The molecule has 1 aromatic carbocycles. The summed E-state index contributed by atoms with van der Waals surface area (Å²) < 4.78 is 17.9. The maximum atomic E-state index is 14.8. The summed E-state index contributed by atoms with van der Waals surface area (Å²) in [5.74, 6) is -0.479. The molecule has 0 aliphatic carbocycles. The minimum absolute atomic E-state index is 0.0463. The van der Waals surface area contributed by atoms with Crippen LogP contribution in [0, 0.1) is 5.95 Å². The molecule has 0 bridgehead atoms. The van der Waals surface area contributed by atoms with Crippen molar-refractivity contribution in [3.8, 4) is 28.2 Å². The number of aromatic amines is 1. The molecule has 5 aromatic rings. The first-order valence-electron chi connectivity index (χ1n) is 11.4. The lowest BCUT2D eigenvalue weighted by Crippen LogP contribution is -2.24. The topological polar surface area (TPSA) is 156 Å². The Hall–Kier alpha value is -4.91. The van der Waals surface area contributed by atoms with Gasteiger partial charge in [0.25, 0.3) is 5.56 Å². The molecule has 190 valence electrons. The Labute approximate surface area is 217 Å². The van der Waals surface area contributed by atoms with Gasteiger partial charge in [0.2, 0.25) is 5.95 Å². The molecule has 3 N–H and O–H groups in total. The molecule has 1 aliphatic heterocycles. The number of nitrogens with one attached hydrogen (secondary N) is 2. The van der Waals surface area contributed by atoms with Crippen LogP contribution < -0.4 is 10.9 Å². The maximum Gasteiger partial charge on any atom is 0.409 e. The van der Waals surface area contributed by atoms with Gasteiger partial charge in [-0.3, -0.25) is 15.1 Å². The van der Waals surface area contributed by atoms with Crippen LogP contribution >= 0.6 is 11.6 Å². The molecule has 38 heavy (non-hydrogen) atoms. The van der Waals surface area contributed by atoms with E-state index in [-0.39, 0.29) is 28.5 Å². The van der Waals surface area contributed by atoms with Gasteiger partial charge >= 0.3 is 6.09 Å². The Balaban J connectivity index is 1.35. The predicted octanol–water partition coefficient (Wildman–Crippen LogP) is 3.69. The normalized spacial score (nSPS) is 14.4. The molecule has 1 aliphatic rings. The predicted molar refractivity (Wildman–Crippen MR) is 134 cm³/mol. The summed E-state index contributed by atoms with van der Waals surface area (Å²) in [6.45, 7) is 0. The number of carboxylic acid groups (broad SMARTS) is 1. The van der Waals surface area contributed by atoms with E-state index < -0.39 is 18.1 Å². The van der Waals surface area contributed by atoms with Crippen molar-refractivity contribution in [3.05, 3.63) is 87.8 Å². The van der Waals surface area contributed by atoms with Crippen molar-refractivity contribution >= 4 is 23.4 Å². The minimum Gasteiger partial charge on any atom is -0.465 e. The standard InChI is InChI=1S/C24H17ClFN9O3/c25-13-1-5-18(34-11-28-32-33-34)16(9-13)12-7-15-3-6-19(35(15)20(36)8-12)23-30-21(22(26)31-23)17-4-2-14(10-27-17)29-24(37)38/h1-2,4-5,7-11,19,29H,3,6H2,(H,30,31)(H,37,38)/t19-/m0/s1. The van der Waals surface area contributed by atoms with Crippen molar-refractivity contribution in [3.63, 3.8) is 0 Å². The number of imidazole rings is 1. The SMILES string of the molecule is O=C(O)Nc1ccc(-c2[nH]c([C@@H]3CCc4cc(-c5cc(Cl)ccc5-n5cnnn5)cc(=O)n43)nc2F)nc1. The minimum atomic E-state index is -1.23. The number of fused-ring (bicyclic) bond motifs is 1. The van der Waals surface area contributed by atoms with Gasteiger partial charge in [-0.2, -0.15) is 9.07 Å². The van der Waals surface area contributed by atoms with Gasteiger partial charge in [-0.25, -0.2) is 9.78 Å². The van der Waals surface area contributed by atoms with Gasteiger partial charge in [0.05, 0.1) is 29.3 Å². The number of aromatic nitrogens is 8. The van der Waals surface area contributed by atoms with Crippen LogP contribution in [0.15, 0.2) is 59.8 Å². The number of anilines is 1. The van der Waals surface area contributed by atoms with E-state index in [1.54, 1.807) is 22.8 Å². The first kappa shape index (κ1) is 23.5. The lowest BCUT2D eigenvalue weighted by atomic mass is 10.0. The fourth-order valence-corrected chi connectivity index (χ4v) is 4.83. The van der Waals surface area contributed by atoms with E-state index in [9.17, 15) is 14.0 Å². The molecule has 5 heterocycles. The Morgan fingerprint density at radius 2 is 2.08 bits per heavy atom. The summed E-state index contributed by atoms with van der Waals surface area (Å²) in [4.78, 5) is 35.2. The zero-order valence-electron chi connectivity index (χ0n) is 19.3. The average Bonchev–Trinajstić information content (AvgIpc) is 3.64. The van der Waals surface area contributed by atoms with E-state index >= 15 is 0 Å². The van der Waals surface area contributed by atoms with Gasteiger partial charge in [-0.15, -0.1) is 5.10 Å². The van der Waals surface area contributed by atoms with E-state index in [4.69, 9.17) is 16.7 Å². The number of halogens is 2.